The first kappa shape index (κ1) is 75.1. The lowest BCUT2D eigenvalue weighted by atomic mass is 10.0. The summed E-state index contributed by atoms with van der Waals surface area (Å²) >= 11 is 0. The number of allylic oxidation sites excluding steroid dienone is 10. The van der Waals surface area contributed by atoms with Gasteiger partial charge in [-0.15, -0.1) is 0 Å². The predicted octanol–water partition coefficient (Wildman–Crippen LogP) is 23.5. The van der Waals surface area contributed by atoms with Crippen LogP contribution in [0.25, 0.3) is 0 Å². The van der Waals surface area contributed by atoms with Gasteiger partial charge in [0.15, 0.2) is 6.10 Å². The van der Waals surface area contributed by atoms with Crippen molar-refractivity contribution in [2.75, 3.05) is 13.2 Å². The van der Waals surface area contributed by atoms with E-state index in [-0.39, 0.29) is 31.1 Å². The van der Waals surface area contributed by atoms with Gasteiger partial charge >= 0.3 is 17.9 Å². The van der Waals surface area contributed by atoms with E-state index in [4.69, 9.17) is 14.2 Å². The largest absolute Gasteiger partial charge is 0.462 e. The van der Waals surface area contributed by atoms with Gasteiger partial charge in [-0.2, -0.15) is 0 Å². The van der Waals surface area contributed by atoms with Crippen LogP contribution in [-0.4, -0.2) is 37.2 Å². The fourth-order valence-corrected chi connectivity index (χ4v) is 10.1. The standard InChI is InChI=1S/C72H130O6/c1-4-7-10-13-16-19-22-25-28-31-34-35-36-37-39-41-44-47-50-53-56-59-62-65-71(74)77-68-69(67-76-70(73)64-61-58-55-52-49-46-43-40-33-30-27-24-21-18-15-12-9-6-3)78-72(75)66-63-60-57-54-51-48-45-42-38-32-29-26-23-20-17-14-11-8-5-2/h17,20,22,25-26,29,31,34,36-37,69H,4-16,18-19,21,23-24,27-28,30,32-33,35,38-68H2,1-3H3/b20-17-,25-22-,29-26-,34-31-,37-36-. The van der Waals surface area contributed by atoms with Crippen LogP contribution in [0.5, 0.6) is 0 Å². The monoisotopic (exact) mass is 1090 g/mol. The molecule has 0 aliphatic rings. The molecular weight excluding hydrogens is 961 g/mol. The van der Waals surface area contributed by atoms with Gasteiger partial charge in [0.05, 0.1) is 0 Å². The van der Waals surface area contributed by atoms with Crippen LogP contribution >= 0.6 is 0 Å². The Morgan fingerprint density at radius 1 is 0.256 bits per heavy atom. The molecule has 0 aliphatic carbocycles. The molecule has 0 aromatic carbocycles. The molecule has 1 unspecified atom stereocenters. The minimum atomic E-state index is -0.780. The van der Waals surface area contributed by atoms with Gasteiger partial charge in [0.2, 0.25) is 0 Å². The van der Waals surface area contributed by atoms with E-state index in [0.717, 1.165) is 83.5 Å². The van der Waals surface area contributed by atoms with Crippen LogP contribution in [-0.2, 0) is 28.6 Å². The molecule has 1 atom stereocenters. The summed E-state index contributed by atoms with van der Waals surface area (Å²) in [5.41, 5.74) is 0. The molecular formula is C72H130O6. The quantitative estimate of drug-likeness (QED) is 0.0261. The summed E-state index contributed by atoms with van der Waals surface area (Å²) in [6, 6.07) is 0. The van der Waals surface area contributed by atoms with E-state index < -0.39 is 6.10 Å². The average molecular weight is 1090 g/mol. The second kappa shape index (κ2) is 66.6. The Morgan fingerprint density at radius 3 is 0.744 bits per heavy atom. The van der Waals surface area contributed by atoms with E-state index in [2.05, 4.69) is 81.5 Å². The van der Waals surface area contributed by atoms with E-state index in [1.807, 2.05) is 0 Å². The zero-order valence-corrected chi connectivity index (χ0v) is 52.2. The first-order valence-corrected chi connectivity index (χ1v) is 34.3. The third-order valence-corrected chi connectivity index (χ3v) is 15.2. The zero-order valence-electron chi connectivity index (χ0n) is 52.2. The first-order chi connectivity index (χ1) is 38.5. The number of unbranched alkanes of at least 4 members (excludes halogenated alkanes) is 42. The maximum atomic E-state index is 12.9. The van der Waals surface area contributed by atoms with Crippen molar-refractivity contribution in [3.8, 4) is 0 Å². The van der Waals surface area contributed by atoms with Crippen molar-refractivity contribution in [1.29, 1.82) is 0 Å². The number of rotatable bonds is 63. The fourth-order valence-electron chi connectivity index (χ4n) is 10.1. The van der Waals surface area contributed by atoms with E-state index in [9.17, 15) is 14.4 Å². The summed E-state index contributed by atoms with van der Waals surface area (Å²) < 4.78 is 17.0. The SMILES string of the molecule is CCCCC/C=C\C/C=C\CCCCCCCCCCCC(=O)OC(COC(=O)CCCCCCCCCC/C=C\C/C=C\C/C=C\CCCCCCC)COC(=O)CCCCCCCCCCCCCCCCCCCC. The van der Waals surface area contributed by atoms with Crippen molar-refractivity contribution < 1.29 is 28.6 Å². The van der Waals surface area contributed by atoms with Gasteiger partial charge in [0.1, 0.15) is 13.2 Å². The van der Waals surface area contributed by atoms with E-state index in [0.29, 0.717) is 19.3 Å². The Balaban J connectivity index is 4.36. The fraction of sp³-hybridized carbons (Fsp3) is 0.819. The van der Waals surface area contributed by atoms with Gasteiger partial charge in [0, 0.05) is 19.3 Å². The van der Waals surface area contributed by atoms with Crippen molar-refractivity contribution in [1.82, 2.24) is 0 Å². The number of esters is 3. The zero-order chi connectivity index (χ0) is 56.4. The lowest BCUT2D eigenvalue weighted by Gasteiger charge is -2.18. The summed E-state index contributed by atoms with van der Waals surface area (Å²) in [6.07, 6.45) is 85.1. The molecule has 454 valence electrons. The Hall–Kier alpha value is -2.89. The van der Waals surface area contributed by atoms with Crippen LogP contribution in [0, 0.1) is 0 Å². The predicted molar refractivity (Wildman–Crippen MR) is 339 cm³/mol. The third kappa shape index (κ3) is 63.9. The second-order valence-corrected chi connectivity index (χ2v) is 23.1. The van der Waals surface area contributed by atoms with Crippen LogP contribution in [0.4, 0.5) is 0 Å². The minimum Gasteiger partial charge on any atom is -0.462 e. The topological polar surface area (TPSA) is 78.9 Å². The van der Waals surface area contributed by atoms with Crippen molar-refractivity contribution in [3.63, 3.8) is 0 Å². The first-order valence-electron chi connectivity index (χ1n) is 34.3. The Labute approximate surface area is 485 Å². The molecule has 0 aromatic rings. The van der Waals surface area contributed by atoms with Gasteiger partial charge in [-0.3, -0.25) is 14.4 Å². The van der Waals surface area contributed by atoms with Crippen molar-refractivity contribution in [2.45, 2.75) is 367 Å². The van der Waals surface area contributed by atoms with Crippen LogP contribution < -0.4 is 0 Å². The van der Waals surface area contributed by atoms with Crippen LogP contribution in [0.15, 0.2) is 60.8 Å². The average Bonchev–Trinajstić information content (AvgIpc) is 3.44. The molecule has 0 bridgehead atoms. The molecule has 78 heavy (non-hydrogen) atoms. The van der Waals surface area contributed by atoms with Gasteiger partial charge < -0.3 is 14.2 Å². The molecule has 0 aliphatic heterocycles. The Kier molecular flexibility index (Phi) is 64.2. The number of carbonyl (C=O) groups is 3. The summed E-state index contributed by atoms with van der Waals surface area (Å²) in [7, 11) is 0. The van der Waals surface area contributed by atoms with Gasteiger partial charge in [-0.1, -0.05) is 313 Å². The molecule has 0 saturated carbocycles. The number of hydrogen-bond donors (Lipinski definition) is 0. The highest BCUT2D eigenvalue weighted by Crippen LogP contribution is 2.17. The number of carbonyl (C=O) groups excluding carboxylic acids is 3. The number of hydrogen-bond acceptors (Lipinski definition) is 6. The smallest absolute Gasteiger partial charge is 0.306 e. The van der Waals surface area contributed by atoms with Crippen molar-refractivity contribution >= 4 is 17.9 Å². The maximum Gasteiger partial charge on any atom is 0.306 e. The molecule has 0 heterocycles. The van der Waals surface area contributed by atoms with Gasteiger partial charge in [-0.05, 0) is 89.9 Å². The Morgan fingerprint density at radius 2 is 0.462 bits per heavy atom. The molecule has 6 nitrogen and oxygen atoms in total. The summed E-state index contributed by atoms with van der Waals surface area (Å²) in [5.74, 6) is -0.863. The summed E-state index contributed by atoms with van der Waals surface area (Å²) in [5, 5.41) is 0. The highest BCUT2D eigenvalue weighted by atomic mass is 16.6. The maximum absolute atomic E-state index is 12.9. The molecule has 0 fully saturated rings. The van der Waals surface area contributed by atoms with Crippen molar-refractivity contribution in [3.05, 3.63) is 60.8 Å². The molecule has 0 aromatic heterocycles. The highest BCUT2D eigenvalue weighted by Gasteiger charge is 2.19. The summed E-state index contributed by atoms with van der Waals surface area (Å²) in [4.78, 5) is 38.4. The molecule has 0 N–H and O–H groups in total. The normalized spacial score (nSPS) is 12.4. The number of ether oxygens (including phenoxy) is 3. The van der Waals surface area contributed by atoms with Gasteiger partial charge in [0.25, 0.3) is 0 Å². The van der Waals surface area contributed by atoms with E-state index in [1.165, 1.54) is 238 Å². The van der Waals surface area contributed by atoms with E-state index in [1.54, 1.807) is 0 Å². The lowest BCUT2D eigenvalue weighted by Crippen LogP contribution is -2.30. The second-order valence-electron chi connectivity index (χ2n) is 23.1. The molecule has 0 radical (unpaired) electrons. The molecule has 0 spiro atoms. The molecule has 0 saturated heterocycles. The van der Waals surface area contributed by atoms with Crippen molar-refractivity contribution in [2.24, 2.45) is 0 Å². The highest BCUT2D eigenvalue weighted by molar-refractivity contribution is 5.71. The van der Waals surface area contributed by atoms with Crippen LogP contribution in [0.3, 0.4) is 0 Å². The molecule has 0 amide bonds. The minimum absolute atomic E-state index is 0.0746. The lowest BCUT2D eigenvalue weighted by molar-refractivity contribution is -0.167. The Bertz CT molecular complexity index is 1390. The molecule has 0 rings (SSSR count). The van der Waals surface area contributed by atoms with Crippen LogP contribution in [0.1, 0.15) is 361 Å². The molecule has 6 heteroatoms. The van der Waals surface area contributed by atoms with E-state index >= 15 is 0 Å². The third-order valence-electron chi connectivity index (χ3n) is 15.2. The van der Waals surface area contributed by atoms with Gasteiger partial charge in [-0.25, -0.2) is 0 Å². The summed E-state index contributed by atoms with van der Waals surface area (Å²) in [6.45, 7) is 6.66. The van der Waals surface area contributed by atoms with Crippen LogP contribution in [0.2, 0.25) is 0 Å².